The lowest BCUT2D eigenvalue weighted by atomic mass is 10.0. The van der Waals surface area contributed by atoms with Crippen molar-refractivity contribution in [1.29, 1.82) is 5.26 Å². The third-order valence-corrected chi connectivity index (χ3v) is 3.98. The topological polar surface area (TPSA) is 135 Å². The molecule has 1 saturated heterocycles. The van der Waals surface area contributed by atoms with E-state index < -0.39 is 11.7 Å². The van der Waals surface area contributed by atoms with E-state index in [-0.39, 0.29) is 30.3 Å². The van der Waals surface area contributed by atoms with Crippen molar-refractivity contribution < 1.29 is 23.9 Å². The number of rotatable bonds is 5. The highest BCUT2D eigenvalue weighted by molar-refractivity contribution is 5.95. The Balaban J connectivity index is 0.000000941. The minimum atomic E-state index is -0.545. The minimum absolute atomic E-state index is 0.152. The van der Waals surface area contributed by atoms with Crippen LogP contribution in [0.3, 0.4) is 0 Å². The van der Waals surface area contributed by atoms with Crippen molar-refractivity contribution >= 4 is 18.4 Å². The zero-order valence-electron chi connectivity index (χ0n) is 15.3. The number of nitrogens with one attached hydrogen (secondary N) is 2. The highest BCUT2D eigenvalue weighted by Crippen LogP contribution is 2.21. The van der Waals surface area contributed by atoms with E-state index >= 15 is 0 Å². The number of urea groups is 1. The first kappa shape index (κ1) is 21.3. The summed E-state index contributed by atoms with van der Waals surface area (Å²) < 4.78 is 13.9. The lowest BCUT2D eigenvalue weighted by Crippen LogP contribution is -2.36. The molecule has 9 nitrogen and oxygen atoms in total. The van der Waals surface area contributed by atoms with Crippen LogP contribution in [-0.2, 0) is 4.79 Å². The second-order valence-corrected chi connectivity index (χ2v) is 5.85. The molecule has 10 heteroatoms. The van der Waals surface area contributed by atoms with Crippen LogP contribution in [0.25, 0.3) is 11.1 Å². The van der Waals surface area contributed by atoms with Gasteiger partial charge >= 0.3 is 6.03 Å². The molecule has 1 aromatic carbocycles. The number of benzene rings is 1. The normalized spacial score (nSPS) is 12.3. The van der Waals surface area contributed by atoms with Crippen LogP contribution in [0.15, 0.2) is 36.5 Å². The van der Waals surface area contributed by atoms with Crippen molar-refractivity contribution in [2.45, 2.75) is 0 Å². The monoisotopic (exact) mass is 399 g/mol. The average Bonchev–Trinajstić information content (AvgIpc) is 3.13. The number of aromatic nitrogens is 1. The van der Waals surface area contributed by atoms with Gasteiger partial charge in [-0.2, -0.15) is 5.26 Å². The number of nitriles is 1. The Morgan fingerprint density at radius 3 is 2.72 bits per heavy atom. The molecule has 29 heavy (non-hydrogen) atoms. The summed E-state index contributed by atoms with van der Waals surface area (Å²) in [5.41, 5.74) is 1.53. The molecule has 3 amide bonds. The fourth-order valence-electron chi connectivity index (χ4n) is 2.65. The molecule has 0 radical (unpaired) electrons. The van der Waals surface area contributed by atoms with Crippen LogP contribution in [0.1, 0.15) is 16.1 Å². The Labute approximate surface area is 165 Å². The van der Waals surface area contributed by atoms with Gasteiger partial charge in [0.05, 0.1) is 0 Å². The van der Waals surface area contributed by atoms with Crippen LogP contribution < -0.4 is 10.6 Å². The number of carbonyl (C=O) groups excluding carboxylic acids is 2. The van der Waals surface area contributed by atoms with Crippen LogP contribution in [0.5, 0.6) is 0 Å². The van der Waals surface area contributed by atoms with Crippen molar-refractivity contribution in [3.05, 3.63) is 53.6 Å². The van der Waals surface area contributed by atoms with E-state index in [1.165, 1.54) is 18.3 Å². The Kier molecular flexibility index (Phi) is 7.61. The molecule has 1 aliphatic heterocycles. The molecule has 150 valence electrons. The van der Waals surface area contributed by atoms with Crippen LogP contribution >= 0.6 is 0 Å². The number of carbonyl (C=O) groups is 3. The fourth-order valence-corrected chi connectivity index (χ4v) is 2.65. The summed E-state index contributed by atoms with van der Waals surface area (Å²) in [5, 5.41) is 21.0. The predicted molar refractivity (Wildman–Crippen MR) is 100 cm³/mol. The van der Waals surface area contributed by atoms with Crippen molar-refractivity contribution in [2.75, 3.05) is 26.2 Å². The minimum Gasteiger partial charge on any atom is -0.483 e. The second kappa shape index (κ2) is 10.4. The molecule has 1 fully saturated rings. The number of hydrogen-bond acceptors (Lipinski definition) is 5. The summed E-state index contributed by atoms with van der Waals surface area (Å²) >= 11 is 0. The molecule has 0 saturated carbocycles. The summed E-state index contributed by atoms with van der Waals surface area (Å²) in [6.45, 7) is 1.61. The molecule has 3 N–H and O–H groups in total. The van der Waals surface area contributed by atoms with Gasteiger partial charge in [0.1, 0.15) is 17.6 Å². The second-order valence-electron chi connectivity index (χ2n) is 5.85. The Hall–Kier alpha value is -4.00. The van der Waals surface area contributed by atoms with Crippen molar-refractivity contribution in [3.63, 3.8) is 0 Å². The molecule has 2 heterocycles. The number of pyridine rings is 1. The van der Waals surface area contributed by atoms with Crippen LogP contribution in [0.4, 0.5) is 9.18 Å². The number of hydrogen-bond donors (Lipinski definition) is 3. The molecule has 0 spiro atoms. The third-order valence-electron chi connectivity index (χ3n) is 3.98. The highest BCUT2D eigenvalue weighted by atomic mass is 19.1. The van der Waals surface area contributed by atoms with E-state index in [1.54, 1.807) is 17.0 Å². The van der Waals surface area contributed by atoms with Crippen LogP contribution in [0.2, 0.25) is 0 Å². The molecule has 3 rings (SSSR count). The molecule has 2 aromatic rings. The van der Waals surface area contributed by atoms with Gasteiger partial charge in [-0.05, 0) is 35.9 Å². The Bertz CT molecular complexity index is 927. The molecular weight excluding hydrogens is 381 g/mol. The van der Waals surface area contributed by atoms with E-state index in [4.69, 9.17) is 15.2 Å². The lowest BCUT2D eigenvalue weighted by Gasteiger charge is -2.14. The van der Waals surface area contributed by atoms with E-state index in [0.717, 1.165) is 6.07 Å². The van der Waals surface area contributed by atoms with E-state index in [9.17, 15) is 14.0 Å². The number of nitrogens with zero attached hydrogens (tertiary/aromatic N) is 3. The fraction of sp³-hybridized carbons (Fsp3) is 0.211. The largest absolute Gasteiger partial charge is 0.483 e. The van der Waals surface area contributed by atoms with Gasteiger partial charge in [0, 0.05) is 43.5 Å². The van der Waals surface area contributed by atoms with Crippen molar-refractivity contribution in [2.24, 2.45) is 0 Å². The Morgan fingerprint density at radius 1 is 1.38 bits per heavy atom. The number of carboxylic acid groups (broad SMARTS) is 1. The first-order valence-electron chi connectivity index (χ1n) is 8.54. The zero-order chi connectivity index (χ0) is 21.2. The molecular formula is C19H18FN5O4. The van der Waals surface area contributed by atoms with Gasteiger partial charge in [-0.25, -0.2) is 14.2 Å². The van der Waals surface area contributed by atoms with Gasteiger partial charge in [-0.3, -0.25) is 9.59 Å². The van der Waals surface area contributed by atoms with Gasteiger partial charge in [-0.15, -0.1) is 0 Å². The van der Waals surface area contributed by atoms with Crippen LogP contribution in [0, 0.1) is 17.1 Å². The van der Waals surface area contributed by atoms with Gasteiger partial charge in [0.15, 0.2) is 0 Å². The number of amides is 3. The van der Waals surface area contributed by atoms with Crippen LogP contribution in [-0.4, -0.2) is 59.6 Å². The average molecular weight is 399 g/mol. The number of halogens is 1. The standard InChI is InChI=1S/C18H16FN5O2.CH2O2/c19-15-8-13(12-1-2-16(10-20)23-11-12)7-14(9-15)17(25)21-3-5-24-6-4-22-18(24)26;2-1-3/h1-2,7-9,11H,3-6H2,(H,21,25)(H,22,26);1H,(H,2,3). The van der Waals surface area contributed by atoms with Gasteiger partial charge in [-0.1, -0.05) is 0 Å². The van der Waals surface area contributed by atoms with E-state index in [2.05, 4.69) is 15.6 Å². The van der Waals surface area contributed by atoms with Crippen molar-refractivity contribution in [3.8, 4) is 17.2 Å². The summed E-state index contributed by atoms with van der Waals surface area (Å²) in [7, 11) is 0. The van der Waals surface area contributed by atoms with Gasteiger partial charge < -0.3 is 20.6 Å². The highest BCUT2D eigenvalue weighted by Gasteiger charge is 2.19. The van der Waals surface area contributed by atoms with Gasteiger partial charge in [0.2, 0.25) is 0 Å². The maximum Gasteiger partial charge on any atom is 0.317 e. The summed E-state index contributed by atoms with van der Waals surface area (Å²) in [6, 6.07) is 8.95. The lowest BCUT2D eigenvalue weighted by molar-refractivity contribution is -0.122. The van der Waals surface area contributed by atoms with E-state index in [1.807, 2.05) is 6.07 Å². The maximum atomic E-state index is 13.9. The summed E-state index contributed by atoms with van der Waals surface area (Å²) in [4.78, 5) is 37.6. The zero-order valence-corrected chi connectivity index (χ0v) is 15.3. The third kappa shape index (κ3) is 6.00. The SMILES string of the molecule is N#Cc1ccc(-c2cc(F)cc(C(=O)NCCN3CCNC3=O)c2)cn1.O=CO. The predicted octanol–water partition coefficient (Wildman–Crippen LogP) is 1.22. The molecule has 0 atom stereocenters. The quantitative estimate of drug-likeness (QED) is 0.647. The van der Waals surface area contributed by atoms with Gasteiger partial charge in [0.25, 0.3) is 12.4 Å². The molecule has 1 aromatic heterocycles. The van der Waals surface area contributed by atoms with E-state index in [0.29, 0.717) is 30.8 Å². The maximum absolute atomic E-state index is 13.9. The van der Waals surface area contributed by atoms with Crippen molar-refractivity contribution in [1.82, 2.24) is 20.5 Å². The molecule has 1 aliphatic rings. The summed E-state index contributed by atoms with van der Waals surface area (Å²) in [6.07, 6.45) is 1.46. The summed E-state index contributed by atoms with van der Waals surface area (Å²) in [5.74, 6) is -0.970. The first-order chi connectivity index (χ1) is 14.0. The smallest absolute Gasteiger partial charge is 0.317 e. The first-order valence-corrected chi connectivity index (χ1v) is 8.54. The molecule has 0 aliphatic carbocycles. The molecule has 0 unspecified atom stereocenters. The Morgan fingerprint density at radius 2 is 2.14 bits per heavy atom. The molecule has 0 bridgehead atoms.